The summed E-state index contributed by atoms with van der Waals surface area (Å²) in [5.74, 6) is 1.80. The van der Waals surface area contributed by atoms with Crippen molar-refractivity contribution < 1.29 is 4.74 Å². The van der Waals surface area contributed by atoms with E-state index in [-0.39, 0.29) is 6.04 Å². The normalized spacial score (nSPS) is 16.5. The quantitative estimate of drug-likeness (QED) is 0.598. The molecule has 2 rings (SSSR count). The number of ether oxygens (including phenoxy) is 1. The first-order valence-corrected chi connectivity index (χ1v) is 7.99. The van der Waals surface area contributed by atoms with Gasteiger partial charge in [0.1, 0.15) is 5.75 Å². The van der Waals surface area contributed by atoms with E-state index in [2.05, 4.69) is 48.7 Å². The minimum Gasteiger partial charge on any atom is -0.497 e. The topological polar surface area (TPSA) is 48.9 Å². The van der Waals surface area contributed by atoms with Crippen LogP contribution in [0, 0.1) is 0 Å². The molecule has 2 N–H and O–H groups in total. The monoisotopic (exact) mass is 304 g/mol. The van der Waals surface area contributed by atoms with Crippen molar-refractivity contribution in [2.45, 2.75) is 31.8 Å². The molecule has 0 amide bonds. The number of benzene rings is 1. The second kappa shape index (κ2) is 8.03. The second-order valence-electron chi connectivity index (χ2n) is 5.89. The minimum atomic E-state index is 0.251. The number of hydrogen-bond acceptors (Lipinski definition) is 3. The molecular formula is C17H28N4O. The molecule has 0 radical (unpaired) electrons. The Bertz CT molecular complexity index is 480. The first kappa shape index (κ1) is 16.6. The molecule has 5 heteroatoms. The highest BCUT2D eigenvalue weighted by molar-refractivity contribution is 5.80. The molecule has 22 heavy (non-hydrogen) atoms. The van der Waals surface area contributed by atoms with Crippen LogP contribution in [0.1, 0.15) is 31.4 Å². The number of likely N-dealkylation sites (N-methyl/N-ethyl adjacent to an activating group) is 1. The number of methoxy groups -OCH3 is 1. The fourth-order valence-electron chi connectivity index (χ4n) is 2.31. The van der Waals surface area contributed by atoms with Gasteiger partial charge in [0.15, 0.2) is 5.96 Å². The van der Waals surface area contributed by atoms with Crippen molar-refractivity contribution in [1.82, 2.24) is 15.5 Å². The summed E-state index contributed by atoms with van der Waals surface area (Å²) in [6.07, 6.45) is 2.50. The predicted molar refractivity (Wildman–Crippen MR) is 91.6 cm³/mol. The average Bonchev–Trinajstić information content (AvgIpc) is 3.32. The number of hydrogen-bond donors (Lipinski definition) is 2. The van der Waals surface area contributed by atoms with Gasteiger partial charge in [0.2, 0.25) is 0 Å². The van der Waals surface area contributed by atoms with E-state index in [0.29, 0.717) is 6.04 Å². The van der Waals surface area contributed by atoms with Crippen molar-refractivity contribution in [3.8, 4) is 5.75 Å². The molecule has 0 aromatic heterocycles. The Morgan fingerprint density at radius 2 is 2.00 bits per heavy atom. The van der Waals surface area contributed by atoms with Crippen LogP contribution in [-0.4, -0.2) is 51.2 Å². The highest BCUT2D eigenvalue weighted by Crippen LogP contribution is 2.22. The molecule has 0 heterocycles. The van der Waals surface area contributed by atoms with Gasteiger partial charge in [-0.3, -0.25) is 4.99 Å². The maximum Gasteiger partial charge on any atom is 0.191 e. The van der Waals surface area contributed by atoms with E-state index in [0.717, 1.165) is 24.8 Å². The van der Waals surface area contributed by atoms with Crippen molar-refractivity contribution >= 4 is 5.96 Å². The number of nitrogens with zero attached hydrogens (tertiary/aromatic N) is 2. The van der Waals surface area contributed by atoms with Gasteiger partial charge in [0.25, 0.3) is 0 Å². The maximum absolute atomic E-state index is 5.23. The first-order valence-electron chi connectivity index (χ1n) is 7.99. The van der Waals surface area contributed by atoms with Crippen LogP contribution in [0.5, 0.6) is 5.75 Å². The van der Waals surface area contributed by atoms with Crippen LogP contribution in [-0.2, 0) is 0 Å². The van der Waals surface area contributed by atoms with Crippen molar-refractivity contribution in [2.75, 3.05) is 34.3 Å². The number of rotatable bonds is 7. The molecule has 1 atom stereocenters. The smallest absolute Gasteiger partial charge is 0.191 e. The average molecular weight is 304 g/mol. The van der Waals surface area contributed by atoms with Gasteiger partial charge in [0, 0.05) is 12.6 Å². The minimum absolute atomic E-state index is 0.251. The molecule has 1 saturated carbocycles. The van der Waals surface area contributed by atoms with Crippen molar-refractivity contribution in [1.29, 1.82) is 0 Å². The van der Waals surface area contributed by atoms with E-state index in [1.807, 2.05) is 12.1 Å². The van der Waals surface area contributed by atoms with Crippen LogP contribution >= 0.6 is 0 Å². The summed E-state index contributed by atoms with van der Waals surface area (Å²) in [5.41, 5.74) is 1.25. The van der Waals surface area contributed by atoms with Gasteiger partial charge < -0.3 is 20.3 Å². The third-order valence-electron chi connectivity index (χ3n) is 3.81. The van der Waals surface area contributed by atoms with Gasteiger partial charge in [-0.1, -0.05) is 12.1 Å². The fourth-order valence-corrected chi connectivity index (χ4v) is 2.31. The van der Waals surface area contributed by atoms with E-state index < -0.39 is 0 Å². The molecule has 1 fully saturated rings. The molecule has 1 aromatic rings. The molecule has 1 unspecified atom stereocenters. The van der Waals surface area contributed by atoms with Crippen LogP contribution in [0.4, 0.5) is 0 Å². The Labute approximate surface area is 133 Å². The summed E-state index contributed by atoms with van der Waals surface area (Å²) in [6.45, 7) is 3.70. The first-order chi connectivity index (χ1) is 10.6. The molecule has 0 spiro atoms. The van der Waals surface area contributed by atoms with Gasteiger partial charge in [-0.15, -0.1) is 0 Å². The van der Waals surface area contributed by atoms with Crippen LogP contribution in [0.25, 0.3) is 0 Å². The SMILES string of the molecule is CCNC(=NCC(c1ccc(OC)cc1)N(C)C)NC1CC1. The molecule has 122 valence electrons. The van der Waals surface area contributed by atoms with E-state index in [1.165, 1.54) is 18.4 Å². The van der Waals surface area contributed by atoms with E-state index in [1.54, 1.807) is 7.11 Å². The van der Waals surface area contributed by atoms with Crippen LogP contribution in [0.2, 0.25) is 0 Å². The zero-order valence-electron chi connectivity index (χ0n) is 14.1. The van der Waals surface area contributed by atoms with Gasteiger partial charge in [-0.2, -0.15) is 0 Å². The Hall–Kier alpha value is -1.75. The van der Waals surface area contributed by atoms with Gasteiger partial charge in [-0.05, 0) is 51.6 Å². The molecule has 1 aliphatic rings. The largest absolute Gasteiger partial charge is 0.497 e. The molecule has 5 nitrogen and oxygen atoms in total. The van der Waals surface area contributed by atoms with Crippen LogP contribution in [0.15, 0.2) is 29.3 Å². The lowest BCUT2D eigenvalue weighted by atomic mass is 10.1. The third kappa shape index (κ3) is 4.91. The molecule has 0 aliphatic heterocycles. The Kier molecular flexibility index (Phi) is 6.07. The zero-order chi connectivity index (χ0) is 15.9. The maximum atomic E-state index is 5.23. The summed E-state index contributed by atoms with van der Waals surface area (Å²) in [6, 6.07) is 9.09. The van der Waals surface area contributed by atoms with E-state index in [4.69, 9.17) is 9.73 Å². The van der Waals surface area contributed by atoms with Gasteiger partial charge >= 0.3 is 0 Å². The lowest BCUT2D eigenvalue weighted by Crippen LogP contribution is -2.39. The molecule has 1 aliphatic carbocycles. The van der Waals surface area contributed by atoms with E-state index in [9.17, 15) is 0 Å². The Morgan fingerprint density at radius 1 is 1.32 bits per heavy atom. The Morgan fingerprint density at radius 3 is 2.50 bits per heavy atom. The number of guanidine groups is 1. The van der Waals surface area contributed by atoms with Crippen LogP contribution < -0.4 is 15.4 Å². The standard InChI is InChI=1S/C17H28N4O/c1-5-18-17(20-14-8-9-14)19-12-16(21(2)3)13-6-10-15(22-4)11-7-13/h6-7,10-11,14,16H,5,8-9,12H2,1-4H3,(H2,18,19,20). The highest BCUT2D eigenvalue weighted by atomic mass is 16.5. The van der Waals surface area contributed by atoms with Crippen molar-refractivity contribution in [3.63, 3.8) is 0 Å². The summed E-state index contributed by atoms with van der Waals surface area (Å²) in [7, 11) is 5.87. The van der Waals surface area contributed by atoms with Crippen molar-refractivity contribution in [2.24, 2.45) is 4.99 Å². The van der Waals surface area contributed by atoms with Gasteiger partial charge in [-0.25, -0.2) is 0 Å². The summed E-state index contributed by atoms with van der Waals surface area (Å²) in [4.78, 5) is 6.96. The highest BCUT2D eigenvalue weighted by Gasteiger charge is 2.22. The van der Waals surface area contributed by atoms with Gasteiger partial charge in [0.05, 0.1) is 19.7 Å². The summed E-state index contributed by atoms with van der Waals surface area (Å²) < 4.78 is 5.23. The lowest BCUT2D eigenvalue weighted by Gasteiger charge is -2.24. The summed E-state index contributed by atoms with van der Waals surface area (Å²) in [5, 5.41) is 6.77. The molecular weight excluding hydrogens is 276 g/mol. The molecule has 0 bridgehead atoms. The van der Waals surface area contributed by atoms with Crippen molar-refractivity contribution in [3.05, 3.63) is 29.8 Å². The third-order valence-corrected chi connectivity index (χ3v) is 3.81. The molecule has 1 aromatic carbocycles. The molecule has 0 saturated heterocycles. The fraction of sp³-hybridized carbons (Fsp3) is 0.588. The predicted octanol–water partition coefficient (Wildman–Crippen LogP) is 2.02. The lowest BCUT2D eigenvalue weighted by molar-refractivity contribution is 0.306. The number of nitrogens with one attached hydrogen (secondary N) is 2. The second-order valence-corrected chi connectivity index (χ2v) is 5.89. The summed E-state index contributed by atoms with van der Waals surface area (Å²) >= 11 is 0. The zero-order valence-corrected chi connectivity index (χ0v) is 14.1. The number of aliphatic imine (C=N–C) groups is 1. The van der Waals surface area contributed by atoms with Crippen LogP contribution in [0.3, 0.4) is 0 Å². The Balaban J connectivity index is 2.05. The van der Waals surface area contributed by atoms with E-state index >= 15 is 0 Å².